The van der Waals surface area contributed by atoms with Crippen LogP contribution in [0.3, 0.4) is 0 Å². The van der Waals surface area contributed by atoms with Crippen molar-refractivity contribution in [3.63, 3.8) is 0 Å². The average molecular weight is 677 g/mol. The summed E-state index contributed by atoms with van der Waals surface area (Å²) in [6.07, 6.45) is 5.79. The Bertz CT molecular complexity index is 1810. The lowest BCUT2D eigenvalue weighted by atomic mass is 9.50. The van der Waals surface area contributed by atoms with Gasteiger partial charge in [-0.2, -0.15) is 0 Å². The Morgan fingerprint density at radius 3 is 2.36 bits per heavy atom. The highest BCUT2D eigenvalue weighted by Crippen LogP contribution is 2.65. The van der Waals surface area contributed by atoms with Crippen molar-refractivity contribution in [3.8, 4) is 17.2 Å². The summed E-state index contributed by atoms with van der Waals surface area (Å²) in [5, 5.41) is 11.4. The van der Waals surface area contributed by atoms with Gasteiger partial charge in [0.1, 0.15) is 11.9 Å². The molecule has 0 unspecified atom stereocenters. The maximum absolute atomic E-state index is 14.3. The molecule has 2 aliphatic carbocycles. The second-order valence-electron chi connectivity index (χ2n) is 14.1. The van der Waals surface area contributed by atoms with Crippen molar-refractivity contribution in [1.29, 1.82) is 0 Å². The number of piperidine rings is 1. The zero-order valence-electron chi connectivity index (χ0n) is 28.5. The Morgan fingerprint density at radius 1 is 1.00 bits per heavy atom. The number of aromatic hydroxyl groups is 1. The van der Waals surface area contributed by atoms with Crippen LogP contribution in [0.5, 0.6) is 17.2 Å². The second kappa shape index (κ2) is 13.9. The molecule has 4 aliphatic rings. The van der Waals surface area contributed by atoms with Gasteiger partial charge in [0.05, 0.1) is 12.6 Å². The Kier molecular flexibility index (Phi) is 9.35. The van der Waals surface area contributed by atoms with Gasteiger partial charge in [-0.1, -0.05) is 66.7 Å². The van der Waals surface area contributed by atoms with Crippen molar-refractivity contribution in [3.05, 3.63) is 102 Å². The number of hydrogen-bond acceptors (Lipinski definition) is 8. The fourth-order valence-electron chi connectivity index (χ4n) is 9.33. The minimum absolute atomic E-state index is 0.0426. The van der Waals surface area contributed by atoms with Gasteiger partial charge in [0.15, 0.2) is 23.1 Å². The standard InChI is InChI=1S/C41H44N2O7/c1-3-21-42-22-20-41-30-18-19-31(40(41)50-39-36(49-26(2)44)24-34(46)29(38(39)41)23-32(30)42)43(25-35(47)28-14-8-5-9-15-28)37(48)17-11-10-16-33(45)27-12-6-4-7-13-27/h3-9,12-15,24,30-32,40,46H,1,10-11,16-23,25H2,2H3/t30-,31-,32+,40-,41-/m0/s1. The topological polar surface area (TPSA) is 113 Å². The van der Waals surface area contributed by atoms with Gasteiger partial charge < -0.3 is 19.5 Å². The van der Waals surface area contributed by atoms with Crippen molar-refractivity contribution in [2.45, 2.75) is 81.9 Å². The minimum Gasteiger partial charge on any atom is -0.508 e. The molecule has 1 amide bonds. The maximum Gasteiger partial charge on any atom is 0.308 e. The summed E-state index contributed by atoms with van der Waals surface area (Å²) in [5.74, 6) is 0.109. The number of hydrogen-bond donors (Lipinski definition) is 1. The lowest BCUT2D eigenvalue weighted by Crippen LogP contribution is -2.69. The number of carbonyl (C=O) groups is 4. The van der Waals surface area contributed by atoms with Crippen LogP contribution < -0.4 is 9.47 Å². The minimum atomic E-state index is -0.543. The molecule has 1 saturated carbocycles. The van der Waals surface area contributed by atoms with E-state index in [9.17, 15) is 24.3 Å². The highest BCUT2D eigenvalue weighted by Gasteiger charge is 2.67. The van der Waals surface area contributed by atoms with Crippen LogP contribution >= 0.6 is 0 Å². The molecule has 2 aliphatic heterocycles. The Balaban J connectivity index is 1.22. The number of esters is 1. The zero-order chi connectivity index (χ0) is 35.0. The molecule has 3 aromatic carbocycles. The van der Waals surface area contributed by atoms with E-state index < -0.39 is 23.5 Å². The first kappa shape index (κ1) is 33.7. The monoisotopic (exact) mass is 676 g/mol. The fourth-order valence-corrected chi connectivity index (χ4v) is 9.33. The van der Waals surface area contributed by atoms with Gasteiger partial charge >= 0.3 is 5.97 Å². The van der Waals surface area contributed by atoms with E-state index in [1.807, 2.05) is 42.5 Å². The van der Waals surface area contributed by atoms with E-state index in [1.165, 1.54) is 13.0 Å². The van der Waals surface area contributed by atoms with E-state index in [0.29, 0.717) is 49.0 Å². The molecule has 3 aromatic rings. The van der Waals surface area contributed by atoms with Crippen LogP contribution in [0.1, 0.15) is 83.7 Å². The lowest BCUT2D eigenvalue weighted by Gasteiger charge is -2.60. The SMILES string of the molecule is C=CCN1CC[C@]23c4c5c(O)cc(OC(C)=O)c4O[C@H]2[C@@H](N(CC(=O)c2ccccc2)C(=O)CCCCC(=O)c2ccccc2)CC[C@H]3[C@H]1C5. The largest absolute Gasteiger partial charge is 0.508 e. The molecular weight excluding hydrogens is 632 g/mol. The summed E-state index contributed by atoms with van der Waals surface area (Å²) in [5.41, 5.74) is 2.34. The molecule has 1 N–H and O–H groups in total. The number of phenols is 1. The van der Waals surface area contributed by atoms with E-state index in [4.69, 9.17) is 9.47 Å². The maximum atomic E-state index is 14.3. The fraction of sp³-hybridized carbons (Fsp3) is 0.415. The summed E-state index contributed by atoms with van der Waals surface area (Å²) in [6, 6.07) is 19.3. The van der Waals surface area contributed by atoms with Gasteiger partial charge in [-0.15, -0.1) is 6.58 Å². The Hall–Kier alpha value is -4.76. The van der Waals surface area contributed by atoms with Crippen LogP contribution in [0.4, 0.5) is 0 Å². The predicted octanol–water partition coefficient (Wildman–Crippen LogP) is 6.07. The number of Topliss-reactive ketones (excluding diaryl/α,β-unsaturated/α-hetero) is 2. The van der Waals surface area contributed by atoms with Crippen LogP contribution in [-0.4, -0.2) is 76.2 Å². The molecule has 5 atom stereocenters. The third-order valence-corrected chi connectivity index (χ3v) is 11.4. The Morgan fingerprint density at radius 2 is 1.68 bits per heavy atom. The van der Waals surface area contributed by atoms with Gasteiger partial charge in [-0.25, -0.2) is 0 Å². The molecule has 0 radical (unpaired) electrons. The predicted molar refractivity (Wildman–Crippen MR) is 188 cm³/mol. The van der Waals surface area contributed by atoms with Gasteiger partial charge in [-0.3, -0.25) is 24.1 Å². The van der Waals surface area contributed by atoms with E-state index in [1.54, 1.807) is 29.2 Å². The van der Waals surface area contributed by atoms with Crippen LogP contribution in [0, 0.1) is 5.92 Å². The molecule has 2 heterocycles. The van der Waals surface area contributed by atoms with Crippen molar-refractivity contribution < 1.29 is 33.8 Å². The molecule has 260 valence electrons. The van der Waals surface area contributed by atoms with Crippen molar-refractivity contribution in [2.75, 3.05) is 19.6 Å². The molecule has 9 heteroatoms. The van der Waals surface area contributed by atoms with Gasteiger partial charge in [0, 0.05) is 66.1 Å². The summed E-state index contributed by atoms with van der Waals surface area (Å²) in [4.78, 5) is 57.2. The molecule has 1 spiro atoms. The molecular formula is C41H44N2O7. The summed E-state index contributed by atoms with van der Waals surface area (Å²) < 4.78 is 12.5. The van der Waals surface area contributed by atoms with Gasteiger partial charge in [-0.05, 0) is 51.0 Å². The Labute approximate surface area is 292 Å². The smallest absolute Gasteiger partial charge is 0.308 e. The lowest BCUT2D eigenvalue weighted by molar-refractivity contribution is -0.141. The first-order valence-corrected chi connectivity index (χ1v) is 17.8. The van der Waals surface area contributed by atoms with E-state index >= 15 is 0 Å². The number of benzene rings is 3. The molecule has 7 rings (SSSR count). The second-order valence-corrected chi connectivity index (χ2v) is 14.1. The summed E-state index contributed by atoms with van der Waals surface area (Å²) >= 11 is 0. The van der Waals surface area contributed by atoms with Crippen LogP contribution in [0.2, 0.25) is 0 Å². The number of phenolic OH excluding ortho intramolecular Hbond substituents is 1. The van der Waals surface area contributed by atoms with E-state index in [0.717, 1.165) is 37.1 Å². The molecule has 2 fully saturated rings. The average Bonchev–Trinajstić information content (AvgIpc) is 3.46. The number of ether oxygens (including phenoxy) is 2. The first-order chi connectivity index (χ1) is 24.2. The number of unbranched alkanes of at least 4 members (excludes halogenated alkanes) is 1. The highest BCUT2D eigenvalue weighted by atomic mass is 16.6. The number of carbonyl (C=O) groups excluding carboxylic acids is 4. The van der Waals surface area contributed by atoms with Crippen molar-refractivity contribution in [2.24, 2.45) is 5.92 Å². The van der Waals surface area contributed by atoms with E-state index in [-0.39, 0.29) is 53.9 Å². The summed E-state index contributed by atoms with van der Waals surface area (Å²) in [7, 11) is 0. The number of rotatable bonds is 13. The molecule has 50 heavy (non-hydrogen) atoms. The first-order valence-electron chi connectivity index (χ1n) is 17.8. The quantitative estimate of drug-likeness (QED) is 0.0764. The third-order valence-electron chi connectivity index (χ3n) is 11.4. The molecule has 9 nitrogen and oxygen atoms in total. The van der Waals surface area contributed by atoms with Crippen LogP contribution in [0.25, 0.3) is 0 Å². The number of ketones is 2. The normalized spacial score (nSPS) is 24.4. The van der Waals surface area contributed by atoms with Crippen LogP contribution in [-0.2, 0) is 21.4 Å². The summed E-state index contributed by atoms with van der Waals surface area (Å²) in [6.45, 7) is 6.72. The van der Waals surface area contributed by atoms with Crippen LogP contribution in [0.15, 0.2) is 79.4 Å². The number of nitrogens with zero attached hydrogens (tertiary/aromatic N) is 2. The van der Waals surface area contributed by atoms with E-state index in [2.05, 4.69) is 11.5 Å². The molecule has 0 aromatic heterocycles. The van der Waals surface area contributed by atoms with Gasteiger partial charge in [0.25, 0.3) is 0 Å². The molecule has 2 bridgehead atoms. The van der Waals surface area contributed by atoms with Gasteiger partial charge in [0.2, 0.25) is 5.91 Å². The highest BCUT2D eigenvalue weighted by molar-refractivity contribution is 5.99. The zero-order valence-corrected chi connectivity index (χ0v) is 28.5. The number of amides is 1. The van der Waals surface area contributed by atoms with Crippen molar-refractivity contribution >= 4 is 23.4 Å². The third kappa shape index (κ3) is 5.91. The van der Waals surface area contributed by atoms with Crippen molar-refractivity contribution in [1.82, 2.24) is 9.80 Å². The molecule has 1 saturated heterocycles. The number of likely N-dealkylation sites (tertiary alicyclic amines) is 1.